The molecule has 1 amide bonds. The van der Waals surface area contributed by atoms with E-state index in [0.29, 0.717) is 11.8 Å². The second-order valence-electron chi connectivity index (χ2n) is 6.88. The largest absolute Gasteiger partial charge is 0.340 e. The SMILES string of the molecule is Cc1ccc(C(=O)N2C[C@@H]3CCN(c4ncccn4)C[C@@H]3C2)cc1. The van der Waals surface area contributed by atoms with Crippen LogP contribution in [0.15, 0.2) is 42.7 Å². The lowest BCUT2D eigenvalue weighted by atomic mass is 9.89. The number of fused-ring (bicyclic) bond motifs is 1. The summed E-state index contributed by atoms with van der Waals surface area (Å²) in [4.78, 5) is 25.7. The van der Waals surface area contributed by atoms with Crippen LogP contribution in [0, 0.1) is 18.8 Å². The first-order chi connectivity index (χ1) is 11.7. The van der Waals surface area contributed by atoms with Crippen LogP contribution in [0.2, 0.25) is 0 Å². The molecule has 0 N–H and O–H groups in total. The van der Waals surface area contributed by atoms with Crippen LogP contribution in [0.5, 0.6) is 0 Å². The number of likely N-dealkylation sites (tertiary alicyclic amines) is 1. The van der Waals surface area contributed by atoms with Gasteiger partial charge in [-0.15, -0.1) is 0 Å². The molecule has 2 fully saturated rings. The van der Waals surface area contributed by atoms with Crippen molar-refractivity contribution in [1.29, 1.82) is 0 Å². The minimum atomic E-state index is 0.159. The van der Waals surface area contributed by atoms with E-state index in [9.17, 15) is 4.79 Å². The molecule has 0 spiro atoms. The summed E-state index contributed by atoms with van der Waals surface area (Å²) >= 11 is 0. The molecule has 124 valence electrons. The van der Waals surface area contributed by atoms with Gasteiger partial charge in [-0.2, -0.15) is 0 Å². The maximum atomic E-state index is 12.7. The third kappa shape index (κ3) is 2.86. The summed E-state index contributed by atoms with van der Waals surface area (Å²) in [6.07, 6.45) is 4.67. The Bertz CT molecular complexity index is 716. The van der Waals surface area contributed by atoms with E-state index >= 15 is 0 Å². The molecule has 0 aliphatic carbocycles. The molecule has 2 aliphatic heterocycles. The van der Waals surface area contributed by atoms with Crippen LogP contribution in [-0.4, -0.2) is 47.0 Å². The molecule has 2 aromatic rings. The Balaban J connectivity index is 1.44. The number of piperidine rings is 1. The number of nitrogens with zero attached hydrogens (tertiary/aromatic N) is 4. The highest BCUT2D eigenvalue weighted by Gasteiger charge is 2.39. The number of carbonyl (C=O) groups excluding carboxylic acids is 1. The zero-order chi connectivity index (χ0) is 16.5. The number of carbonyl (C=O) groups is 1. The van der Waals surface area contributed by atoms with Crippen molar-refractivity contribution in [3.8, 4) is 0 Å². The Hall–Kier alpha value is -2.43. The van der Waals surface area contributed by atoms with Crippen LogP contribution >= 0.6 is 0 Å². The number of amides is 1. The molecular formula is C19H22N4O. The fraction of sp³-hybridized carbons (Fsp3) is 0.421. The van der Waals surface area contributed by atoms with Gasteiger partial charge in [0.15, 0.2) is 0 Å². The van der Waals surface area contributed by atoms with Crippen LogP contribution < -0.4 is 4.90 Å². The lowest BCUT2D eigenvalue weighted by molar-refractivity contribution is 0.0784. The summed E-state index contributed by atoms with van der Waals surface area (Å²) < 4.78 is 0. The van der Waals surface area contributed by atoms with Gasteiger partial charge < -0.3 is 9.80 Å². The van der Waals surface area contributed by atoms with E-state index in [2.05, 4.69) is 14.9 Å². The minimum absolute atomic E-state index is 0.159. The van der Waals surface area contributed by atoms with Gasteiger partial charge in [0, 0.05) is 44.1 Å². The molecule has 2 atom stereocenters. The molecule has 0 bridgehead atoms. The van der Waals surface area contributed by atoms with E-state index < -0.39 is 0 Å². The molecule has 1 aromatic heterocycles. The smallest absolute Gasteiger partial charge is 0.253 e. The Kier molecular flexibility index (Phi) is 3.92. The summed E-state index contributed by atoms with van der Waals surface area (Å²) in [5.74, 6) is 2.07. The Morgan fingerprint density at radius 2 is 1.75 bits per heavy atom. The topological polar surface area (TPSA) is 49.3 Å². The van der Waals surface area contributed by atoms with Gasteiger partial charge in [-0.05, 0) is 43.4 Å². The predicted octanol–water partition coefficient (Wildman–Crippen LogP) is 2.38. The molecule has 3 heterocycles. The van der Waals surface area contributed by atoms with Crippen molar-refractivity contribution in [2.75, 3.05) is 31.1 Å². The third-order valence-corrected chi connectivity index (χ3v) is 5.22. The quantitative estimate of drug-likeness (QED) is 0.852. The summed E-state index contributed by atoms with van der Waals surface area (Å²) in [6.45, 7) is 5.66. The van der Waals surface area contributed by atoms with E-state index in [1.165, 1.54) is 5.56 Å². The van der Waals surface area contributed by atoms with Gasteiger partial charge in [0.05, 0.1) is 0 Å². The lowest BCUT2D eigenvalue weighted by Crippen LogP contribution is -2.40. The number of aromatic nitrogens is 2. The number of hydrogen-bond donors (Lipinski definition) is 0. The van der Waals surface area contributed by atoms with Crippen molar-refractivity contribution in [2.45, 2.75) is 13.3 Å². The maximum absolute atomic E-state index is 12.7. The van der Waals surface area contributed by atoms with E-state index in [1.807, 2.05) is 42.2 Å². The number of aryl methyl sites for hydroxylation is 1. The van der Waals surface area contributed by atoms with E-state index in [0.717, 1.165) is 44.1 Å². The first-order valence-electron chi connectivity index (χ1n) is 8.58. The number of hydrogen-bond acceptors (Lipinski definition) is 4. The summed E-state index contributed by atoms with van der Waals surface area (Å²) in [6, 6.07) is 9.72. The third-order valence-electron chi connectivity index (χ3n) is 5.22. The van der Waals surface area contributed by atoms with Gasteiger partial charge in [-0.3, -0.25) is 4.79 Å². The lowest BCUT2D eigenvalue weighted by Gasteiger charge is -2.34. The highest BCUT2D eigenvalue weighted by Crippen LogP contribution is 2.33. The van der Waals surface area contributed by atoms with E-state index in [1.54, 1.807) is 12.4 Å². The zero-order valence-corrected chi connectivity index (χ0v) is 13.9. The molecule has 0 saturated carbocycles. The minimum Gasteiger partial charge on any atom is -0.340 e. The molecule has 5 heteroatoms. The molecule has 0 unspecified atom stereocenters. The molecule has 2 saturated heterocycles. The summed E-state index contributed by atoms with van der Waals surface area (Å²) in [5.41, 5.74) is 1.97. The average Bonchev–Trinajstić information content (AvgIpc) is 3.06. The van der Waals surface area contributed by atoms with Crippen molar-refractivity contribution in [2.24, 2.45) is 11.8 Å². The Morgan fingerprint density at radius 3 is 2.50 bits per heavy atom. The second-order valence-corrected chi connectivity index (χ2v) is 6.88. The van der Waals surface area contributed by atoms with Gasteiger partial charge in [-0.1, -0.05) is 17.7 Å². The van der Waals surface area contributed by atoms with E-state index in [4.69, 9.17) is 0 Å². The monoisotopic (exact) mass is 322 g/mol. The fourth-order valence-electron chi connectivity index (χ4n) is 3.85. The van der Waals surface area contributed by atoms with Gasteiger partial charge in [0.25, 0.3) is 5.91 Å². The average molecular weight is 322 g/mol. The number of rotatable bonds is 2. The van der Waals surface area contributed by atoms with Gasteiger partial charge in [0.2, 0.25) is 5.95 Å². The van der Waals surface area contributed by atoms with Gasteiger partial charge in [0.1, 0.15) is 0 Å². The van der Waals surface area contributed by atoms with Gasteiger partial charge >= 0.3 is 0 Å². The zero-order valence-electron chi connectivity index (χ0n) is 13.9. The first kappa shape index (κ1) is 15.1. The Labute approximate surface area is 142 Å². The highest BCUT2D eigenvalue weighted by atomic mass is 16.2. The highest BCUT2D eigenvalue weighted by molar-refractivity contribution is 5.94. The van der Waals surface area contributed by atoms with Crippen molar-refractivity contribution >= 4 is 11.9 Å². The van der Waals surface area contributed by atoms with Crippen molar-refractivity contribution in [3.63, 3.8) is 0 Å². The molecule has 2 aliphatic rings. The van der Waals surface area contributed by atoms with Crippen molar-refractivity contribution in [3.05, 3.63) is 53.9 Å². The molecule has 5 nitrogen and oxygen atoms in total. The normalized spacial score (nSPS) is 23.2. The van der Waals surface area contributed by atoms with Crippen LogP contribution in [0.4, 0.5) is 5.95 Å². The maximum Gasteiger partial charge on any atom is 0.253 e. The molecule has 24 heavy (non-hydrogen) atoms. The van der Waals surface area contributed by atoms with Crippen LogP contribution in [-0.2, 0) is 0 Å². The first-order valence-corrected chi connectivity index (χ1v) is 8.58. The number of benzene rings is 1. The van der Waals surface area contributed by atoms with Crippen molar-refractivity contribution < 1.29 is 4.79 Å². The molecule has 0 radical (unpaired) electrons. The van der Waals surface area contributed by atoms with Crippen LogP contribution in [0.25, 0.3) is 0 Å². The van der Waals surface area contributed by atoms with Gasteiger partial charge in [-0.25, -0.2) is 9.97 Å². The Morgan fingerprint density at radius 1 is 1.04 bits per heavy atom. The van der Waals surface area contributed by atoms with Crippen LogP contribution in [0.3, 0.4) is 0 Å². The number of anilines is 1. The summed E-state index contributed by atoms with van der Waals surface area (Å²) in [5, 5.41) is 0. The van der Waals surface area contributed by atoms with Crippen LogP contribution in [0.1, 0.15) is 22.3 Å². The standard InChI is InChI=1S/C19H22N4O/c1-14-3-5-15(6-4-14)18(24)23-11-16-7-10-22(12-17(16)13-23)19-20-8-2-9-21-19/h2-6,8-9,16-17H,7,10-13H2,1H3/t16-,17+/m0/s1. The van der Waals surface area contributed by atoms with E-state index in [-0.39, 0.29) is 5.91 Å². The van der Waals surface area contributed by atoms with Crippen molar-refractivity contribution in [1.82, 2.24) is 14.9 Å². The molecular weight excluding hydrogens is 300 g/mol. The molecule has 4 rings (SSSR count). The molecule has 1 aromatic carbocycles. The predicted molar refractivity (Wildman–Crippen MR) is 92.9 cm³/mol. The fourth-order valence-corrected chi connectivity index (χ4v) is 3.85. The second kappa shape index (κ2) is 6.23. The summed E-state index contributed by atoms with van der Waals surface area (Å²) in [7, 11) is 0.